The van der Waals surface area contributed by atoms with Gasteiger partial charge in [-0.05, 0) is 19.4 Å². The molecule has 3 nitrogen and oxygen atoms in total. The Bertz CT molecular complexity index is 389. The van der Waals surface area contributed by atoms with Crippen LogP contribution in [0.15, 0.2) is 18.5 Å². The molecule has 0 saturated heterocycles. The van der Waals surface area contributed by atoms with Crippen LogP contribution in [0.5, 0.6) is 0 Å². The molecule has 0 saturated carbocycles. The van der Waals surface area contributed by atoms with Crippen molar-refractivity contribution in [2.75, 3.05) is 0 Å². The number of aryl methyl sites for hydroxylation is 2. The van der Waals surface area contributed by atoms with E-state index in [1.54, 1.807) is 6.20 Å². The Morgan fingerprint density at radius 2 is 2.18 bits per heavy atom. The zero-order valence-corrected chi connectivity index (χ0v) is 6.57. The zero-order chi connectivity index (χ0) is 7.84. The fraction of sp³-hybridized carbons (Fsp3) is 0.250. The Morgan fingerprint density at radius 1 is 1.36 bits per heavy atom. The van der Waals surface area contributed by atoms with Crippen molar-refractivity contribution in [2.45, 2.75) is 13.8 Å². The van der Waals surface area contributed by atoms with Crippen LogP contribution >= 0.6 is 0 Å². The van der Waals surface area contributed by atoms with E-state index in [4.69, 9.17) is 0 Å². The zero-order valence-electron chi connectivity index (χ0n) is 6.57. The molecule has 0 radical (unpaired) electrons. The van der Waals surface area contributed by atoms with Crippen molar-refractivity contribution in [1.29, 1.82) is 0 Å². The smallest absolute Gasteiger partial charge is 0.155 e. The predicted octanol–water partition coefficient (Wildman–Crippen LogP) is 1.35. The van der Waals surface area contributed by atoms with E-state index in [-0.39, 0.29) is 0 Å². The maximum Gasteiger partial charge on any atom is 0.155 e. The van der Waals surface area contributed by atoms with E-state index in [0.29, 0.717) is 0 Å². The molecule has 0 aromatic carbocycles. The molecule has 2 heterocycles. The highest BCUT2D eigenvalue weighted by Crippen LogP contribution is 2.06. The molecule has 0 atom stereocenters. The standard InChI is InChI=1S/C8H9N3/c1-6-5-9-8-3-4-10-11(8)7(6)2/h3-5H,1-2H3. The summed E-state index contributed by atoms with van der Waals surface area (Å²) in [5.41, 5.74) is 3.23. The lowest BCUT2D eigenvalue weighted by atomic mass is 10.3. The molecule has 3 heteroatoms. The minimum absolute atomic E-state index is 0.910. The van der Waals surface area contributed by atoms with Gasteiger partial charge in [-0.15, -0.1) is 0 Å². The average molecular weight is 147 g/mol. The van der Waals surface area contributed by atoms with Gasteiger partial charge in [-0.1, -0.05) is 0 Å². The van der Waals surface area contributed by atoms with Crippen LogP contribution in [0.4, 0.5) is 0 Å². The normalized spacial score (nSPS) is 10.7. The molecule has 0 bridgehead atoms. The maximum atomic E-state index is 4.20. The number of hydrogen-bond acceptors (Lipinski definition) is 2. The molecule has 2 rings (SSSR count). The van der Waals surface area contributed by atoms with Gasteiger partial charge in [0.1, 0.15) is 0 Å². The Morgan fingerprint density at radius 3 is 3.00 bits per heavy atom. The van der Waals surface area contributed by atoms with Crippen molar-refractivity contribution in [3.63, 3.8) is 0 Å². The summed E-state index contributed by atoms with van der Waals surface area (Å²) in [6.45, 7) is 4.07. The molecule has 0 amide bonds. The highest BCUT2D eigenvalue weighted by atomic mass is 15.2. The van der Waals surface area contributed by atoms with E-state index in [1.165, 1.54) is 5.56 Å². The summed E-state index contributed by atoms with van der Waals surface area (Å²) in [6.07, 6.45) is 3.63. The van der Waals surface area contributed by atoms with Crippen LogP contribution in [0.25, 0.3) is 5.65 Å². The lowest BCUT2D eigenvalue weighted by molar-refractivity contribution is 0.881. The van der Waals surface area contributed by atoms with E-state index in [9.17, 15) is 0 Å². The fourth-order valence-electron chi connectivity index (χ4n) is 1.08. The van der Waals surface area contributed by atoms with Crippen molar-refractivity contribution in [3.05, 3.63) is 29.7 Å². The Hall–Kier alpha value is -1.38. The summed E-state index contributed by atoms with van der Waals surface area (Å²) in [5.74, 6) is 0. The Labute approximate surface area is 64.7 Å². The number of rotatable bonds is 0. The van der Waals surface area contributed by atoms with Gasteiger partial charge in [0.25, 0.3) is 0 Å². The molecule has 2 aromatic rings. The van der Waals surface area contributed by atoms with Gasteiger partial charge in [-0.25, -0.2) is 9.50 Å². The Kier molecular flexibility index (Phi) is 1.18. The molecule has 0 aliphatic heterocycles. The first kappa shape index (κ1) is 6.34. The molecule has 2 aromatic heterocycles. The second-order valence-corrected chi connectivity index (χ2v) is 2.63. The third-order valence-electron chi connectivity index (χ3n) is 1.90. The van der Waals surface area contributed by atoms with Gasteiger partial charge in [0.2, 0.25) is 0 Å². The van der Waals surface area contributed by atoms with E-state index < -0.39 is 0 Å². The summed E-state index contributed by atoms with van der Waals surface area (Å²) < 4.78 is 1.84. The molecule has 56 valence electrons. The summed E-state index contributed by atoms with van der Waals surface area (Å²) in [6, 6.07) is 1.90. The highest BCUT2D eigenvalue weighted by Gasteiger charge is 1.99. The number of aromatic nitrogens is 3. The van der Waals surface area contributed by atoms with E-state index in [0.717, 1.165) is 11.3 Å². The SMILES string of the molecule is Cc1cnc2ccnn2c1C. The molecule has 0 spiro atoms. The summed E-state index contributed by atoms with van der Waals surface area (Å²) in [7, 11) is 0. The van der Waals surface area contributed by atoms with Crippen LogP contribution in [-0.2, 0) is 0 Å². The average Bonchev–Trinajstić information content (AvgIpc) is 2.45. The van der Waals surface area contributed by atoms with Crippen molar-refractivity contribution in [3.8, 4) is 0 Å². The van der Waals surface area contributed by atoms with Gasteiger partial charge >= 0.3 is 0 Å². The van der Waals surface area contributed by atoms with Crippen molar-refractivity contribution in [2.24, 2.45) is 0 Å². The van der Waals surface area contributed by atoms with Crippen LogP contribution in [-0.4, -0.2) is 14.6 Å². The summed E-state index contributed by atoms with van der Waals surface area (Å²) >= 11 is 0. The summed E-state index contributed by atoms with van der Waals surface area (Å²) in [4.78, 5) is 4.20. The van der Waals surface area contributed by atoms with Gasteiger partial charge in [0.15, 0.2) is 5.65 Å². The lowest BCUT2D eigenvalue weighted by Crippen LogP contribution is -1.97. The van der Waals surface area contributed by atoms with Crippen molar-refractivity contribution in [1.82, 2.24) is 14.6 Å². The van der Waals surface area contributed by atoms with Crippen LogP contribution in [0.3, 0.4) is 0 Å². The predicted molar refractivity (Wildman–Crippen MR) is 42.5 cm³/mol. The van der Waals surface area contributed by atoms with Gasteiger partial charge in [-0.3, -0.25) is 0 Å². The second-order valence-electron chi connectivity index (χ2n) is 2.63. The first-order chi connectivity index (χ1) is 5.29. The molecule has 11 heavy (non-hydrogen) atoms. The Balaban J connectivity index is 2.93. The van der Waals surface area contributed by atoms with Gasteiger partial charge in [0.05, 0.1) is 6.20 Å². The van der Waals surface area contributed by atoms with Gasteiger partial charge < -0.3 is 0 Å². The van der Waals surface area contributed by atoms with E-state index in [2.05, 4.69) is 10.1 Å². The fourth-order valence-corrected chi connectivity index (χ4v) is 1.08. The minimum atomic E-state index is 0.910. The second kappa shape index (κ2) is 2.05. The molecular formula is C8H9N3. The van der Waals surface area contributed by atoms with Gasteiger partial charge in [-0.2, -0.15) is 5.10 Å². The first-order valence-corrected chi connectivity index (χ1v) is 3.55. The molecule has 0 fully saturated rings. The quantitative estimate of drug-likeness (QED) is 0.563. The third kappa shape index (κ3) is 0.808. The molecule has 0 aliphatic carbocycles. The maximum absolute atomic E-state index is 4.20. The van der Waals surface area contributed by atoms with Gasteiger partial charge in [0, 0.05) is 18.0 Å². The number of fused-ring (bicyclic) bond motifs is 1. The minimum Gasteiger partial charge on any atom is -0.237 e. The van der Waals surface area contributed by atoms with E-state index in [1.807, 2.05) is 30.6 Å². The molecular weight excluding hydrogens is 138 g/mol. The lowest BCUT2D eigenvalue weighted by Gasteiger charge is -2.00. The van der Waals surface area contributed by atoms with Crippen molar-refractivity contribution >= 4 is 5.65 Å². The topological polar surface area (TPSA) is 30.2 Å². The number of nitrogens with zero attached hydrogens (tertiary/aromatic N) is 3. The van der Waals surface area contributed by atoms with Crippen molar-refractivity contribution < 1.29 is 0 Å². The third-order valence-corrected chi connectivity index (χ3v) is 1.90. The largest absolute Gasteiger partial charge is 0.237 e. The first-order valence-electron chi connectivity index (χ1n) is 3.55. The van der Waals surface area contributed by atoms with Crippen LogP contribution in [0, 0.1) is 13.8 Å². The molecule has 0 aliphatic rings. The monoisotopic (exact) mass is 147 g/mol. The number of hydrogen-bond donors (Lipinski definition) is 0. The molecule has 0 unspecified atom stereocenters. The van der Waals surface area contributed by atoms with Crippen LogP contribution in [0.2, 0.25) is 0 Å². The molecule has 0 N–H and O–H groups in total. The van der Waals surface area contributed by atoms with Crippen LogP contribution in [0.1, 0.15) is 11.3 Å². The van der Waals surface area contributed by atoms with E-state index >= 15 is 0 Å². The highest BCUT2D eigenvalue weighted by molar-refractivity contribution is 5.38. The van der Waals surface area contributed by atoms with Crippen LogP contribution < -0.4 is 0 Å². The summed E-state index contributed by atoms with van der Waals surface area (Å²) in [5, 5.41) is 4.13.